The van der Waals surface area contributed by atoms with Crippen molar-refractivity contribution in [2.75, 3.05) is 19.6 Å². The van der Waals surface area contributed by atoms with E-state index in [2.05, 4.69) is 0 Å². The van der Waals surface area contributed by atoms with Crippen molar-refractivity contribution in [2.45, 2.75) is 17.7 Å². The summed E-state index contributed by atoms with van der Waals surface area (Å²) >= 11 is 0. The van der Waals surface area contributed by atoms with E-state index in [0.29, 0.717) is 31.1 Å². The molecule has 1 aromatic heterocycles. The van der Waals surface area contributed by atoms with Crippen LogP contribution in [0.4, 0.5) is 0 Å². The number of nitrogens with zero attached hydrogens (tertiary/aromatic N) is 2. The van der Waals surface area contributed by atoms with Crippen LogP contribution >= 0.6 is 12.4 Å². The molecule has 0 atom stereocenters. The third kappa shape index (κ3) is 3.16. The number of sulfonamides is 1. The molecule has 2 aromatic rings. The molecule has 1 aliphatic rings. The monoisotopic (exact) mass is 361 g/mol. The first-order chi connectivity index (χ1) is 10.4. The molecule has 0 saturated carbocycles. The van der Waals surface area contributed by atoms with Crippen LogP contribution in [0.1, 0.15) is 12.8 Å². The minimum atomic E-state index is -3.57. The molecule has 1 aromatic carbocycles. The lowest BCUT2D eigenvalue weighted by atomic mass is 9.99. The Morgan fingerprint density at radius 1 is 1.30 bits per heavy atom. The number of hydrogen-bond donors (Lipinski definition) is 1. The Morgan fingerprint density at radius 3 is 2.57 bits per heavy atom. The number of rotatable bonds is 3. The van der Waals surface area contributed by atoms with Crippen molar-refractivity contribution in [1.29, 1.82) is 0 Å². The molecule has 7 nitrogen and oxygen atoms in total. The van der Waals surface area contributed by atoms with E-state index in [0.717, 1.165) is 12.8 Å². The zero-order chi connectivity index (χ0) is 15.9. The molecular weight excluding hydrogens is 342 g/mol. The summed E-state index contributed by atoms with van der Waals surface area (Å²) in [6.45, 7) is 1.54. The van der Waals surface area contributed by atoms with E-state index in [1.54, 1.807) is 13.1 Å². The summed E-state index contributed by atoms with van der Waals surface area (Å²) in [5.41, 5.74) is 6.49. The highest BCUT2D eigenvalue weighted by atomic mass is 35.5. The molecule has 0 spiro atoms. The number of oxazole rings is 1. The average Bonchev–Trinajstić information content (AvgIpc) is 2.81. The Morgan fingerprint density at radius 2 is 1.96 bits per heavy atom. The Kier molecular flexibility index (Phi) is 5.20. The maximum Gasteiger partial charge on any atom is 0.419 e. The van der Waals surface area contributed by atoms with Gasteiger partial charge in [-0.25, -0.2) is 13.2 Å². The van der Waals surface area contributed by atoms with E-state index in [1.165, 1.54) is 21.0 Å². The summed E-state index contributed by atoms with van der Waals surface area (Å²) in [5.74, 6) is -0.116. The van der Waals surface area contributed by atoms with Crippen LogP contribution in [0.15, 0.2) is 32.3 Å². The van der Waals surface area contributed by atoms with Crippen LogP contribution in [0.2, 0.25) is 0 Å². The Labute approximate surface area is 140 Å². The van der Waals surface area contributed by atoms with Crippen molar-refractivity contribution < 1.29 is 12.8 Å². The largest absolute Gasteiger partial charge is 0.419 e. The number of benzene rings is 1. The fraction of sp³-hybridized carbons (Fsp3) is 0.500. The summed E-state index contributed by atoms with van der Waals surface area (Å²) < 4.78 is 33.3. The van der Waals surface area contributed by atoms with Gasteiger partial charge < -0.3 is 10.2 Å². The van der Waals surface area contributed by atoms with Crippen LogP contribution in [-0.2, 0) is 17.1 Å². The molecule has 9 heteroatoms. The predicted molar refractivity (Wildman–Crippen MR) is 89.2 cm³/mol. The molecule has 1 aliphatic heterocycles. The first-order valence-corrected chi connectivity index (χ1v) is 8.67. The van der Waals surface area contributed by atoms with Crippen LogP contribution in [0, 0.1) is 5.92 Å². The van der Waals surface area contributed by atoms with E-state index in [9.17, 15) is 13.2 Å². The van der Waals surface area contributed by atoms with Gasteiger partial charge in [-0.2, -0.15) is 4.31 Å². The number of aryl methyl sites for hydroxylation is 1. The third-order valence-electron chi connectivity index (χ3n) is 4.31. The number of halogens is 1. The quantitative estimate of drug-likeness (QED) is 0.876. The van der Waals surface area contributed by atoms with Gasteiger partial charge in [-0.05, 0) is 37.4 Å². The number of piperidine rings is 1. The van der Waals surface area contributed by atoms with Crippen molar-refractivity contribution >= 4 is 33.5 Å². The molecule has 23 heavy (non-hydrogen) atoms. The SMILES string of the molecule is Cl.Cn1c(=O)oc2cc(S(=O)(=O)N3CCC(CN)CC3)ccc21. The molecule has 2 heterocycles. The summed E-state index contributed by atoms with van der Waals surface area (Å²) in [7, 11) is -1.98. The van der Waals surface area contributed by atoms with Gasteiger partial charge in [0.25, 0.3) is 0 Å². The minimum Gasteiger partial charge on any atom is -0.408 e. The molecule has 1 saturated heterocycles. The van der Waals surface area contributed by atoms with E-state index in [1.807, 2.05) is 0 Å². The second-order valence-corrected chi connectivity index (χ2v) is 7.58. The third-order valence-corrected chi connectivity index (χ3v) is 6.20. The number of aromatic nitrogens is 1. The maximum atomic E-state index is 12.7. The summed E-state index contributed by atoms with van der Waals surface area (Å²) in [5, 5.41) is 0. The zero-order valence-corrected chi connectivity index (χ0v) is 14.4. The predicted octanol–water partition coefficient (Wildman–Crippen LogP) is 0.913. The first-order valence-electron chi connectivity index (χ1n) is 7.23. The van der Waals surface area contributed by atoms with E-state index < -0.39 is 15.8 Å². The van der Waals surface area contributed by atoms with Crippen molar-refractivity contribution in [3.05, 3.63) is 28.7 Å². The molecule has 1 fully saturated rings. The van der Waals surface area contributed by atoms with Gasteiger partial charge in [-0.1, -0.05) is 0 Å². The maximum absolute atomic E-state index is 12.7. The lowest BCUT2D eigenvalue weighted by Crippen LogP contribution is -2.39. The second kappa shape index (κ2) is 6.64. The van der Waals surface area contributed by atoms with Crippen molar-refractivity contribution in [3.8, 4) is 0 Å². The standard InChI is InChI=1S/C14H19N3O4S.ClH/c1-16-12-3-2-11(8-13(12)21-14(16)18)22(19,20)17-6-4-10(9-15)5-7-17;/h2-3,8,10H,4-7,9,15H2,1H3;1H. The molecule has 0 radical (unpaired) electrons. The first kappa shape index (κ1) is 18.0. The molecule has 2 N–H and O–H groups in total. The number of nitrogens with two attached hydrogens (primary N) is 1. The molecule has 0 bridgehead atoms. The van der Waals surface area contributed by atoms with Gasteiger partial charge in [-0.3, -0.25) is 4.57 Å². The fourth-order valence-corrected chi connectivity index (χ4v) is 4.29. The highest BCUT2D eigenvalue weighted by molar-refractivity contribution is 7.89. The average molecular weight is 362 g/mol. The smallest absolute Gasteiger partial charge is 0.408 e. The second-order valence-electron chi connectivity index (χ2n) is 5.64. The van der Waals surface area contributed by atoms with Gasteiger partial charge >= 0.3 is 5.76 Å². The molecule has 3 rings (SSSR count). The van der Waals surface area contributed by atoms with Gasteiger partial charge in [0.2, 0.25) is 10.0 Å². The molecule has 0 amide bonds. The van der Waals surface area contributed by atoms with Crippen molar-refractivity contribution in [3.63, 3.8) is 0 Å². The number of hydrogen-bond acceptors (Lipinski definition) is 5. The molecule has 0 unspecified atom stereocenters. The Hall–Kier alpha value is -1.35. The van der Waals surface area contributed by atoms with Gasteiger partial charge in [0.05, 0.1) is 10.4 Å². The van der Waals surface area contributed by atoms with Crippen LogP contribution in [0.25, 0.3) is 11.1 Å². The lowest BCUT2D eigenvalue weighted by molar-refractivity contribution is 0.278. The highest BCUT2D eigenvalue weighted by Gasteiger charge is 2.29. The van der Waals surface area contributed by atoms with Crippen molar-refractivity contribution in [1.82, 2.24) is 8.87 Å². The van der Waals surface area contributed by atoms with Crippen LogP contribution in [0.5, 0.6) is 0 Å². The van der Waals surface area contributed by atoms with Gasteiger partial charge in [0, 0.05) is 26.2 Å². The summed E-state index contributed by atoms with van der Waals surface area (Å²) in [6.07, 6.45) is 1.55. The molecule has 0 aliphatic carbocycles. The molecule has 128 valence electrons. The van der Waals surface area contributed by atoms with Gasteiger partial charge in [0.1, 0.15) is 0 Å². The Balaban J connectivity index is 0.00000192. The minimum absolute atomic E-state index is 0. The Bertz CT molecular complexity index is 851. The zero-order valence-electron chi connectivity index (χ0n) is 12.8. The molecular formula is C14H20ClN3O4S. The van der Waals surface area contributed by atoms with Crippen LogP contribution in [-0.4, -0.2) is 36.9 Å². The summed E-state index contributed by atoms with van der Waals surface area (Å²) in [4.78, 5) is 11.6. The summed E-state index contributed by atoms with van der Waals surface area (Å²) in [6, 6.07) is 4.53. The van der Waals surface area contributed by atoms with Gasteiger partial charge in [0.15, 0.2) is 5.58 Å². The normalized spacial score (nSPS) is 17.3. The van der Waals surface area contributed by atoms with E-state index in [-0.39, 0.29) is 22.9 Å². The van der Waals surface area contributed by atoms with Crippen LogP contribution < -0.4 is 11.5 Å². The lowest BCUT2D eigenvalue weighted by Gasteiger charge is -2.30. The highest BCUT2D eigenvalue weighted by Crippen LogP contribution is 2.25. The van der Waals surface area contributed by atoms with Gasteiger partial charge in [-0.15, -0.1) is 12.4 Å². The van der Waals surface area contributed by atoms with Crippen molar-refractivity contribution in [2.24, 2.45) is 18.7 Å². The fourth-order valence-electron chi connectivity index (χ4n) is 2.81. The number of fused-ring (bicyclic) bond motifs is 1. The van der Waals surface area contributed by atoms with Crippen LogP contribution in [0.3, 0.4) is 0 Å². The van der Waals surface area contributed by atoms with E-state index in [4.69, 9.17) is 10.2 Å². The topological polar surface area (TPSA) is 98.5 Å². The van der Waals surface area contributed by atoms with E-state index >= 15 is 0 Å².